The Bertz CT molecular complexity index is 831. The zero-order valence-corrected chi connectivity index (χ0v) is 17.1. The van der Waals surface area contributed by atoms with Gasteiger partial charge in [0.1, 0.15) is 0 Å². The van der Waals surface area contributed by atoms with E-state index < -0.39 is 0 Å². The number of nitrogens with one attached hydrogen (secondary N) is 1. The molecule has 1 N–H and O–H groups in total. The molecular weight excluding hydrogens is 380 g/mol. The Hall–Kier alpha value is -2.60. The normalized spacial score (nSPS) is 12.9. The minimum absolute atomic E-state index is 0.0737. The molecule has 0 atom stereocenters. The Morgan fingerprint density at radius 2 is 1.82 bits per heavy atom. The lowest BCUT2D eigenvalue weighted by Gasteiger charge is -2.31. The predicted molar refractivity (Wildman–Crippen MR) is 111 cm³/mol. The summed E-state index contributed by atoms with van der Waals surface area (Å²) in [4.78, 5) is 14.7. The zero-order valence-electron chi connectivity index (χ0n) is 16.4. The average Bonchev–Trinajstić information content (AvgIpc) is 2.71. The quantitative estimate of drug-likeness (QED) is 0.751. The van der Waals surface area contributed by atoms with E-state index in [9.17, 15) is 4.79 Å². The molecule has 2 aromatic carbocycles. The van der Waals surface area contributed by atoms with Gasteiger partial charge in [-0.05, 0) is 36.6 Å². The van der Waals surface area contributed by atoms with E-state index in [4.69, 9.17) is 25.8 Å². The molecule has 1 amide bonds. The third kappa shape index (κ3) is 4.44. The number of hydrogen-bond acceptors (Lipinski definition) is 5. The SMILES string of the molecule is COc1cc(NC(=O)CCN2CCCc3cc(Cl)ccc32)cc(OC)c1OC. The molecule has 1 aliphatic heterocycles. The summed E-state index contributed by atoms with van der Waals surface area (Å²) in [6.45, 7) is 1.58. The molecule has 0 unspecified atom stereocenters. The van der Waals surface area contributed by atoms with Crippen LogP contribution in [0.2, 0.25) is 5.02 Å². The van der Waals surface area contributed by atoms with Crippen molar-refractivity contribution in [1.29, 1.82) is 0 Å². The van der Waals surface area contributed by atoms with Crippen LogP contribution in [-0.2, 0) is 11.2 Å². The van der Waals surface area contributed by atoms with Crippen molar-refractivity contribution in [3.63, 3.8) is 0 Å². The molecule has 1 heterocycles. The van der Waals surface area contributed by atoms with Crippen molar-refractivity contribution in [2.24, 2.45) is 0 Å². The molecule has 0 saturated carbocycles. The first kappa shape index (κ1) is 20.1. The van der Waals surface area contributed by atoms with Crippen LogP contribution in [0, 0.1) is 0 Å². The summed E-state index contributed by atoms with van der Waals surface area (Å²) in [5.74, 6) is 1.42. The lowest BCUT2D eigenvalue weighted by molar-refractivity contribution is -0.116. The molecule has 7 heteroatoms. The Balaban J connectivity index is 1.66. The first-order chi connectivity index (χ1) is 13.5. The van der Waals surface area contributed by atoms with E-state index in [1.807, 2.05) is 18.2 Å². The van der Waals surface area contributed by atoms with Crippen LogP contribution >= 0.6 is 11.6 Å². The predicted octanol–water partition coefficient (Wildman–Crippen LogP) is 4.15. The van der Waals surface area contributed by atoms with Crippen LogP contribution in [0.25, 0.3) is 0 Å². The summed E-state index contributed by atoms with van der Waals surface area (Å²) >= 11 is 6.10. The van der Waals surface area contributed by atoms with E-state index in [0.29, 0.717) is 35.9 Å². The molecule has 3 rings (SSSR count). The molecular formula is C21H25ClN2O4. The molecule has 0 saturated heterocycles. The molecule has 0 spiro atoms. The first-order valence-corrected chi connectivity index (χ1v) is 9.56. The molecule has 28 heavy (non-hydrogen) atoms. The highest BCUT2D eigenvalue weighted by molar-refractivity contribution is 6.30. The van der Waals surface area contributed by atoms with E-state index in [1.54, 1.807) is 33.5 Å². The minimum atomic E-state index is -0.0737. The van der Waals surface area contributed by atoms with Crippen molar-refractivity contribution >= 4 is 28.9 Å². The summed E-state index contributed by atoms with van der Waals surface area (Å²) < 4.78 is 16.0. The Morgan fingerprint density at radius 3 is 2.46 bits per heavy atom. The Morgan fingerprint density at radius 1 is 1.11 bits per heavy atom. The molecule has 2 aromatic rings. The number of halogens is 1. The van der Waals surface area contributed by atoms with Crippen LogP contribution in [0.1, 0.15) is 18.4 Å². The lowest BCUT2D eigenvalue weighted by Crippen LogP contribution is -2.32. The number of fused-ring (bicyclic) bond motifs is 1. The molecule has 150 valence electrons. The number of rotatable bonds is 7. The van der Waals surface area contributed by atoms with Gasteiger partial charge in [-0.15, -0.1) is 0 Å². The van der Waals surface area contributed by atoms with Gasteiger partial charge in [0.15, 0.2) is 11.5 Å². The van der Waals surface area contributed by atoms with E-state index in [0.717, 1.165) is 30.1 Å². The standard InChI is InChI=1S/C21H25ClN2O4/c1-26-18-12-16(13-19(27-2)21(18)28-3)23-20(25)8-10-24-9-4-5-14-11-15(22)6-7-17(14)24/h6-7,11-13H,4-5,8-10H2,1-3H3,(H,23,25). The van der Waals surface area contributed by atoms with Gasteiger partial charge < -0.3 is 24.4 Å². The van der Waals surface area contributed by atoms with Gasteiger partial charge in [-0.2, -0.15) is 0 Å². The molecule has 0 bridgehead atoms. The van der Waals surface area contributed by atoms with Crippen molar-refractivity contribution in [2.45, 2.75) is 19.3 Å². The number of aryl methyl sites for hydroxylation is 1. The fourth-order valence-electron chi connectivity index (χ4n) is 3.49. The van der Waals surface area contributed by atoms with Crippen LogP contribution < -0.4 is 24.4 Å². The smallest absolute Gasteiger partial charge is 0.226 e. The van der Waals surface area contributed by atoms with Gasteiger partial charge in [0.05, 0.1) is 21.3 Å². The van der Waals surface area contributed by atoms with E-state index in [2.05, 4.69) is 10.2 Å². The van der Waals surface area contributed by atoms with Crippen molar-refractivity contribution in [3.8, 4) is 17.2 Å². The van der Waals surface area contributed by atoms with Crippen LogP contribution in [-0.4, -0.2) is 40.3 Å². The molecule has 0 aliphatic carbocycles. The van der Waals surface area contributed by atoms with Gasteiger partial charge in [-0.25, -0.2) is 0 Å². The summed E-state index contributed by atoms with van der Waals surface area (Å²) in [6, 6.07) is 9.39. The van der Waals surface area contributed by atoms with Gasteiger partial charge >= 0.3 is 0 Å². The second-order valence-corrected chi connectivity index (χ2v) is 7.01. The number of methoxy groups -OCH3 is 3. The number of hydrogen-bond donors (Lipinski definition) is 1. The Kier molecular flexibility index (Phi) is 6.52. The molecule has 6 nitrogen and oxygen atoms in total. The van der Waals surface area contributed by atoms with Gasteiger partial charge in [0.2, 0.25) is 11.7 Å². The molecule has 0 fully saturated rings. The minimum Gasteiger partial charge on any atom is -0.493 e. The highest BCUT2D eigenvalue weighted by Gasteiger charge is 2.19. The van der Waals surface area contributed by atoms with Crippen molar-refractivity contribution in [1.82, 2.24) is 0 Å². The number of carbonyl (C=O) groups is 1. The summed E-state index contributed by atoms with van der Waals surface area (Å²) in [6.07, 6.45) is 2.45. The molecule has 1 aliphatic rings. The second kappa shape index (κ2) is 9.06. The van der Waals surface area contributed by atoms with Gasteiger partial charge in [-0.3, -0.25) is 4.79 Å². The maximum absolute atomic E-state index is 12.5. The fraction of sp³-hybridized carbons (Fsp3) is 0.381. The highest BCUT2D eigenvalue weighted by Crippen LogP contribution is 2.40. The van der Waals surface area contributed by atoms with Crippen LogP contribution in [0.5, 0.6) is 17.2 Å². The van der Waals surface area contributed by atoms with E-state index in [1.165, 1.54) is 5.56 Å². The third-order valence-corrected chi connectivity index (χ3v) is 5.05. The van der Waals surface area contributed by atoms with E-state index in [-0.39, 0.29) is 5.91 Å². The number of nitrogens with zero attached hydrogens (tertiary/aromatic N) is 1. The van der Waals surface area contributed by atoms with Crippen molar-refractivity contribution in [3.05, 3.63) is 40.9 Å². The fourth-order valence-corrected chi connectivity index (χ4v) is 3.68. The van der Waals surface area contributed by atoms with Crippen LogP contribution in [0.15, 0.2) is 30.3 Å². The maximum Gasteiger partial charge on any atom is 0.226 e. The second-order valence-electron chi connectivity index (χ2n) is 6.58. The number of benzene rings is 2. The Labute approximate surface area is 170 Å². The average molecular weight is 405 g/mol. The molecule has 0 aromatic heterocycles. The van der Waals surface area contributed by atoms with Crippen molar-refractivity contribution in [2.75, 3.05) is 44.6 Å². The number of carbonyl (C=O) groups excluding carboxylic acids is 1. The largest absolute Gasteiger partial charge is 0.493 e. The van der Waals surface area contributed by atoms with Crippen LogP contribution in [0.3, 0.4) is 0 Å². The van der Waals surface area contributed by atoms with Gasteiger partial charge in [0, 0.05) is 48.0 Å². The number of amides is 1. The lowest BCUT2D eigenvalue weighted by atomic mass is 10.0. The monoisotopic (exact) mass is 404 g/mol. The zero-order chi connectivity index (χ0) is 20.1. The van der Waals surface area contributed by atoms with Gasteiger partial charge in [-0.1, -0.05) is 11.6 Å². The molecule has 0 radical (unpaired) electrons. The highest BCUT2D eigenvalue weighted by atomic mass is 35.5. The topological polar surface area (TPSA) is 60.0 Å². The maximum atomic E-state index is 12.5. The van der Waals surface area contributed by atoms with Gasteiger partial charge in [0.25, 0.3) is 0 Å². The summed E-state index contributed by atoms with van der Waals surface area (Å²) in [5.41, 5.74) is 3.00. The first-order valence-electron chi connectivity index (χ1n) is 9.19. The van der Waals surface area contributed by atoms with Crippen LogP contribution in [0.4, 0.5) is 11.4 Å². The number of ether oxygens (including phenoxy) is 3. The van der Waals surface area contributed by atoms with Crippen molar-refractivity contribution < 1.29 is 19.0 Å². The third-order valence-electron chi connectivity index (χ3n) is 4.81. The summed E-state index contributed by atoms with van der Waals surface area (Å²) in [5, 5.41) is 3.66. The van der Waals surface area contributed by atoms with E-state index >= 15 is 0 Å². The summed E-state index contributed by atoms with van der Waals surface area (Å²) in [7, 11) is 4.63. The number of anilines is 2.